The van der Waals surface area contributed by atoms with Crippen molar-refractivity contribution in [3.63, 3.8) is 0 Å². The topological polar surface area (TPSA) is 39.1 Å². The summed E-state index contributed by atoms with van der Waals surface area (Å²) in [6, 6.07) is 14.4. The summed E-state index contributed by atoms with van der Waals surface area (Å²) in [6.45, 7) is 2.69. The van der Waals surface area contributed by atoms with Crippen molar-refractivity contribution in [2.75, 3.05) is 19.7 Å². The van der Waals surface area contributed by atoms with Gasteiger partial charge in [0.1, 0.15) is 11.5 Å². The molecule has 25 heavy (non-hydrogen) atoms. The molecule has 0 spiro atoms. The van der Waals surface area contributed by atoms with Crippen LogP contribution < -0.4 is 10.1 Å². The molecule has 1 aliphatic heterocycles. The molecule has 6 heteroatoms. The van der Waals surface area contributed by atoms with E-state index in [-0.39, 0.29) is 18.2 Å². The Morgan fingerprint density at radius 2 is 1.96 bits per heavy atom. The number of aromatic nitrogens is 2. The van der Waals surface area contributed by atoms with Crippen LogP contribution in [0.15, 0.2) is 48.5 Å². The maximum atomic E-state index is 14.2. The van der Waals surface area contributed by atoms with Crippen molar-refractivity contribution >= 4 is 23.3 Å². The minimum absolute atomic E-state index is 0. The molecule has 1 unspecified atom stereocenters. The van der Waals surface area contributed by atoms with E-state index in [2.05, 4.69) is 10.4 Å². The molecule has 1 aromatic heterocycles. The molecule has 1 fully saturated rings. The number of benzene rings is 2. The Kier molecular flexibility index (Phi) is 5.56. The molecule has 0 amide bonds. The Labute approximate surface area is 152 Å². The molecule has 1 aliphatic rings. The SMILES string of the molecule is Cl.Fc1ccccc1-n1nc(OCC2CCCNC2)c2ccccc21. The Bertz CT molecular complexity index is 846. The second-order valence-electron chi connectivity index (χ2n) is 6.21. The first-order chi connectivity index (χ1) is 11.8. The van der Waals surface area contributed by atoms with Crippen molar-refractivity contribution in [1.82, 2.24) is 15.1 Å². The Balaban J connectivity index is 0.00000182. The summed E-state index contributed by atoms with van der Waals surface area (Å²) in [5.41, 5.74) is 1.28. The van der Waals surface area contributed by atoms with Gasteiger partial charge in [-0.2, -0.15) is 0 Å². The molecule has 0 aliphatic carbocycles. The maximum absolute atomic E-state index is 14.2. The minimum atomic E-state index is -0.297. The van der Waals surface area contributed by atoms with E-state index < -0.39 is 0 Å². The fourth-order valence-corrected chi connectivity index (χ4v) is 3.21. The van der Waals surface area contributed by atoms with Gasteiger partial charge in [0.15, 0.2) is 0 Å². The molecule has 0 saturated carbocycles. The van der Waals surface area contributed by atoms with Gasteiger partial charge in [-0.1, -0.05) is 24.3 Å². The standard InChI is InChI=1S/C19H20FN3O.ClH/c20-16-8-2-4-10-18(16)23-17-9-3-1-7-15(17)19(22-23)24-13-14-6-5-11-21-12-14;/h1-4,7-10,14,21H,5-6,11-13H2;1H. The minimum Gasteiger partial charge on any atom is -0.476 e. The predicted molar refractivity (Wildman–Crippen MR) is 99.4 cm³/mol. The van der Waals surface area contributed by atoms with Gasteiger partial charge in [-0.05, 0) is 43.7 Å². The third-order valence-electron chi connectivity index (χ3n) is 4.49. The third kappa shape index (κ3) is 3.62. The number of nitrogens with one attached hydrogen (secondary N) is 1. The number of nitrogens with zero attached hydrogens (tertiary/aromatic N) is 2. The van der Waals surface area contributed by atoms with Gasteiger partial charge in [0.25, 0.3) is 0 Å². The second-order valence-corrected chi connectivity index (χ2v) is 6.21. The van der Waals surface area contributed by atoms with Crippen molar-refractivity contribution < 1.29 is 9.13 Å². The lowest BCUT2D eigenvalue weighted by atomic mass is 10.0. The third-order valence-corrected chi connectivity index (χ3v) is 4.49. The van der Waals surface area contributed by atoms with Gasteiger partial charge >= 0.3 is 0 Å². The number of para-hydroxylation sites is 2. The van der Waals surface area contributed by atoms with Gasteiger partial charge in [-0.25, -0.2) is 9.07 Å². The number of hydrogen-bond acceptors (Lipinski definition) is 3. The quantitative estimate of drug-likeness (QED) is 0.764. The van der Waals surface area contributed by atoms with E-state index in [9.17, 15) is 4.39 Å². The maximum Gasteiger partial charge on any atom is 0.241 e. The highest BCUT2D eigenvalue weighted by molar-refractivity contribution is 5.86. The average molecular weight is 362 g/mol. The molecule has 0 bridgehead atoms. The molecule has 3 aromatic rings. The van der Waals surface area contributed by atoms with Crippen LogP contribution in [0.5, 0.6) is 5.88 Å². The van der Waals surface area contributed by atoms with Crippen molar-refractivity contribution in [2.24, 2.45) is 5.92 Å². The highest BCUT2D eigenvalue weighted by Gasteiger charge is 2.18. The lowest BCUT2D eigenvalue weighted by Gasteiger charge is -2.22. The highest BCUT2D eigenvalue weighted by atomic mass is 35.5. The van der Waals surface area contributed by atoms with Crippen molar-refractivity contribution in [1.29, 1.82) is 0 Å². The monoisotopic (exact) mass is 361 g/mol. The first-order valence-electron chi connectivity index (χ1n) is 8.39. The molecule has 2 heterocycles. The van der Waals surface area contributed by atoms with Crippen LogP contribution in [0.2, 0.25) is 0 Å². The van der Waals surface area contributed by atoms with E-state index in [0.29, 0.717) is 24.1 Å². The normalized spacial score (nSPS) is 17.2. The van der Waals surface area contributed by atoms with E-state index in [1.165, 1.54) is 18.9 Å². The zero-order valence-corrected chi connectivity index (χ0v) is 14.6. The van der Waals surface area contributed by atoms with Gasteiger partial charge in [0, 0.05) is 12.5 Å². The summed E-state index contributed by atoms with van der Waals surface area (Å²) in [5, 5.41) is 8.84. The van der Waals surface area contributed by atoms with E-state index in [1.54, 1.807) is 16.8 Å². The summed E-state index contributed by atoms with van der Waals surface area (Å²) in [6.07, 6.45) is 2.34. The lowest BCUT2D eigenvalue weighted by molar-refractivity contribution is 0.213. The van der Waals surface area contributed by atoms with Crippen LogP contribution in [0.25, 0.3) is 16.6 Å². The number of ether oxygens (including phenoxy) is 1. The lowest BCUT2D eigenvalue weighted by Crippen LogP contribution is -2.33. The first-order valence-corrected chi connectivity index (χ1v) is 8.39. The smallest absolute Gasteiger partial charge is 0.241 e. The van der Waals surface area contributed by atoms with Gasteiger partial charge in [-0.15, -0.1) is 17.5 Å². The molecular formula is C19H21ClFN3O. The molecule has 4 rings (SSSR count). The van der Waals surface area contributed by atoms with Gasteiger partial charge in [-0.3, -0.25) is 0 Å². The summed E-state index contributed by atoms with van der Waals surface area (Å²) < 4.78 is 21.8. The number of fused-ring (bicyclic) bond motifs is 1. The van der Waals surface area contributed by atoms with Crippen LogP contribution in [0.4, 0.5) is 4.39 Å². The molecule has 1 saturated heterocycles. The van der Waals surface area contributed by atoms with E-state index >= 15 is 0 Å². The Morgan fingerprint density at radius 3 is 2.76 bits per heavy atom. The van der Waals surface area contributed by atoms with Gasteiger partial charge in [0.05, 0.1) is 17.5 Å². The number of rotatable bonds is 4. The van der Waals surface area contributed by atoms with E-state index in [1.807, 2.05) is 30.3 Å². The van der Waals surface area contributed by atoms with Crippen molar-refractivity contribution in [2.45, 2.75) is 12.8 Å². The molecule has 4 nitrogen and oxygen atoms in total. The Hall–Kier alpha value is -2.11. The van der Waals surface area contributed by atoms with Gasteiger partial charge < -0.3 is 10.1 Å². The molecular weight excluding hydrogens is 341 g/mol. The predicted octanol–water partition coefficient (Wildman–Crippen LogP) is 3.96. The zero-order chi connectivity index (χ0) is 16.4. The summed E-state index contributed by atoms with van der Waals surface area (Å²) in [4.78, 5) is 0. The van der Waals surface area contributed by atoms with Crippen LogP contribution in [0.1, 0.15) is 12.8 Å². The second kappa shape index (κ2) is 7.85. The fraction of sp³-hybridized carbons (Fsp3) is 0.316. The molecule has 1 N–H and O–H groups in total. The molecule has 2 aromatic carbocycles. The first kappa shape index (κ1) is 17.7. The van der Waals surface area contributed by atoms with Crippen molar-refractivity contribution in [3.8, 4) is 11.6 Å². The van der Waals surface area contributed by atoms with Crippen LogP contribution in [0.3, 0.4) is 0 Å². The molecule has 132 valence electrons. The highest BCUT2D eigenvalue weighted by Crippen LogP contribution is 2.28. The zero-order valence-electron chi connectivity index (χ0n) is 13.8. The van der Waals surface area contributed by atoms with Crippen molar-refractivity contribution in [3.05, 3.63) is 54.3 Å². The van der Waals surface area contributed by atoms with Crippen LogP contribution in [0, 0.1) is 11.7 Å². The largest absolute Gasteiger partial charge is 0.476 e. The van der Waals surface area contributed by atoms with Gasteiger partial charge in [0.2, 0.25) is 5.88 Å². The van der Waals surface area contributed by atoms with Crippen LogP contribution in [-0.4, -0.2) is 29.5 Å². The summed E-state index contributed by atoms with van der Waals surface area (Å²) in [5.74, 6) is 0.768. The van der Waals surface area contributed by atoms with E-state index in [4.69, 9.17) is 4.74 Å². The summed E-state index contributed by atoms with van der Waals surface area (Å²) in [7, 11) is 0. The molecule has 1 atom stereocenters. The van der Waals surface area contributed by atoms with E-state index in [0.717, 1.165) is 24.0 Å². The Morgan fingerprint density at radius 1 is 1.16 bits per heavy atom. The summed E-state index contributed by atoms with van der Waals surface area (Å²) >= 11 is 0. The number of halogens is 2. The fourth-order valence-electron chi connectivity index (χ4n) is 3.21. The van der Waals surface area contributed by atoms with Crippen LogP contribution in [-0.2, 0) is 0 Å². The number of piperidine rings is 1. The van der Waals surface area contributed by atoms with Crippen LogP contribution >= 0.6 is 12.4 Å². The average Bonchev–Trinajstić information content (AvgIpc) is 3.00. The molecule has 0 radical (unpaired) electrons. The number of hydrogen-bond donors (Lipinski definition) is 1.